The number of nitrogens with zero attached hydrogens (tertiary/aromatic N) is 1. The van der Waals surface area contributed by atoms with E-state index in [-0.39, 0.29) is 23.3 Å². The maximum Gasteiger partial charge on any atom is 0.243 e. The smallest absolute Gasteiger partial charge is 0.243 e. The van der Waals surface area contributed by atoms with E-state index >= 15 is 0 Å². The van der Waals surface area contributed by atoms with Crippen molar-refractivity contribution in [2.45, 2.75) is 38.1 Å². The molecule has 0 unspecified atom stereocenters. The molecule has 2 aromatic carbocycles. The summed E-state index contributed by atoms with van der Waals surface area (Å²) in [4.78, 5) is 12.9. The number of hydrogen-bond acceptors (Lipinski definition) is 3. The molecule has 1 fully saturated rings. The minimum Gasteiger partial charge on any atom is -0.352 e. The van der Waals surface area contributed by atoms with Crippen molar-refractivity contribution in [2.24, 2.45) is 5.92 Å². The Morgan fingerprint density at radius 2 is 1.81 bits per heavy atom. The monoisotopic (exact) mass is 386 g/mol. The molecule has 1 aliphatic rings. The Balaban J connectivity index is 1.65. The average molecular weight is 387 g/mol. The fourth-order valence-electron chi connectivity index (χ4n) is 3.37. The van der Waals surface area contributed by atoms with Crippen LogP contribution in [0.5, 0.6) is 0 Å². The fraction of sp³-hybridized carbons (Fsp3) is 0.381. The molecule has 2 aromatic rings. The minimum absolute atomic E-state index is 0.0814. The SMILES string of the molecule is Cc1ccc(S(=O)(=O)N2CCC[C@H](C(=O)NCc3ccccc3C)C2)cc1. The van der Waals surface area contributed by atoms with E-state index in [1.807, 2.05) is 38.1 Å². The fourth-order valence-corrected chi connectivity index (χ4v) is 4.89. The molecule has 3 rings (SSSR count). The van der Waals surface area contributed by atoms with Gasteiger partial charge in [0.2, 0.25) is 15.9 Å². The van der Waals surface area contributed by atoms with Crippen LogP contribution in [-0.4, -0.2) is 31.7 Å². The summed E-state index contributed by atoms with van der Waals surface area (Å²) in [6.07, 6.45) is 1.40. The number of hydrogen-bond donors (Lipinski definition) is 1. The van der Waals surface area contributed by atoms with Gasteiger partial charge in [0.05, 0.1) is 10.8 Å². The first-order valence-electron chi connectivity index (χ1n) is 9.27. The number of amides is 1. The van der Waals surface area contributed by atoms with Gasteiger partial charge in [0.15, 0.2) is 0 Å². The maximum atomic E-state index is 12.9. The van der Waals surface area contributed by atoms with Gasteiger partial charge in [-0.3, -0.25) is 4.79 Å². The molecule has 1 heterocycles. The van der Waals surface area contributed by atoms with Crippen molar-refractivity contribution in [3.8, 4) is 0 Å². The van der Waals surface area contributed by atoms with Crippen molar-refractivity contribution in [3.05, 3.63) is 65.2 Å². The van der Waals surface area contributed by atoms with E-state index in [9.17, 15) is 13.2 Å². The van der Waals surface area contributed by atoms with E-state index in [1.165, 1.54) is 4.31 Å². The lowest BCUT2D eigenvalue weighted by molar-refractivity contribution is -0.126. The highest BCUT2D eigenvalue weighted by Gasteiger charge is 2.33. The first-order chi connectivity index (χ1) is 12.9. The summed E-state index contributed by atoms with van der Waals surface area (Å²) in [7, 11) is -3.57. The molecule has 6 heteroatoms. The quantitative estimate of drug-likeness (QED) is 0.859. The average Bonchev–Trinajstić information content (AvgIpc) is 2.67. The van der Waals surface area contributed by atoms with E-state index in [0.717, 1.165) is 16.7 Å². The Kier molecular flexibility index (Phi) is 5.97. The Morgan fingerprint density at radius 3 is 2.52 bits per heavy atom. The van der Waals surface area contributed by atoms with Gasteiger partial charge in [-0.05, 0) is 49.9 Å². The van der Waals surface area contributed by atoms with Gasteiger partial charge in [0, 0.05) is 19.6 Å². The van der Waals surface area contributed by atoms with Crippen molar-refractivity contribution in [2.75, 3.05) is 13.1 Å². The second-order valence-electron chi connectivity index (χ2n) is 7.16. The van der Waals surface area contributed by atoms with Crippen LogP contribution in [0.4, 0.5) is 0 Å². The number of nitrogens with one attached hydrogen (secondary N) is 1. The summed E-state index contributed by atoms with van der Waals surface area (Å²) in [6, 6.07) is 14.8. The molecular weight excluding hydrogens is 360 g/mol. The van der Waals surface area contributed by atoms with Crippen molar-refractivity contribution >= 4 is 15.9 Å². The number of piperidine rings is 1. The Hall–Kier alpha value is -2.18. The number of carbonyl (C=O) groups excluding carboxylic acids is 1. The summed E-state index contributed by atoms with van der Waals surface area (Å²) >= 11 is 0. The van der Waals surface area contributed by atoms with Gasteiger partial charge >= 0.3 is 0 Å². The van der Waals surface area contributed by atoms with Crippen LogP contribution in [0.2, 0.25) is 0 Å². The van der Waals surface area contributed by atoms with Crippen molar-refractivity contribution < 1.29 is 13.2 Å². The van der Waals surface area contributed by atoms with Crippen molar-refractivity contribution in [3.63, 3.8) is 0 Å². The molecule has 0 aliphatic carbocycles. The molecule has 0 saturated carbocycles. The standard InChI is InChI=1S/C21H26N2O3S/c1-16-9-11-20(12-10-16)27(25,26)23-13-5-8-19(15-23)21(24)22-14-18-7-4-3-6-17(18)2/h3-4,6-7,9-12,19H,5,8,13-15H2,1-2H3,(H,22,24)/t19-/m0/s1. The predicted molar refractivity (Wildman–Crippen MR) is 106 cm³/mol. The third-order valence-electron chi connectivity index (χ3n) is 5.13. The second kappa shape index (κ2) is 8.23. The highest BCUT2D eigenvalue weighted by molar-refractivity contribution is 7.89. The van der Waals surface area contributed by atoms with Gasteiger partial charge in [0.25, 0.3) is 0 Å². The highest BCUT2D eigenvalue weighted by atomic mass is 32.2. The van der Waals surface area contributed by atoms with Crippen LogP contribution >= 0.6 is 0 Å². The van der Waals surface area contributed by atoms with Crippen LogP contribution in [0.3, 0.4) is 0 Å². The van der Waals surface area contributed by atoms with Crippen molar-refractivity contribution in [1.82, 2.24) is 9.62 Å². The van der Waals surface area contributed by atoms with E-state index in [4.69, 9.17) is 0 Å². The van der Waals surface area contributed by atoms with Gasteiger partial charge in [-0.1, -0.05) is 42.0 Å². The molecule has 1 aliphatic heterocycles. The van der Waals surface area contributed by atoms with Crippen LogP contribution in [-0.2, 0) is 21.4 Å². The molecule has 1 amide bonds. The zero-order chi connectivity index (χ0) is 19.4. The lowest BCUT2D eigenvalue weighted by Gasteiger charge is -2.31. The molecule has 27 heavy (non-hydrogen) atoms. The molecule has 0 aromatic heterocycles. The Labute approximate surface area is 161 Å². The highest BCUT2D eigenvalue weighted by Crippen LogP contribution is 2.24. The molecule has 0 bridgehead atoms. The van der Waals surface area contributed by atoms with Crippen LogP contribution in [0.1, 0.15) is 29.5 Å². The molecule has 1 saturated heterocycles. The molecule has 0 radical (unpaired) electrons. The van der Waals surface area contributed by atoms with Gasteiger partial charge in [-0.25, -0.2) is 8.42 Å². The molecule has 144 valence electrons. The normalized spacial score (nSPS) is 18.2. The zero-order valence-electron chi connectivity index (χ0n) is 15.8. The number of aryl methyl sites for hydroxylation is 2. The zero-order valence-corrected chi connectivity index (χ0v) is 16.6. The van der Waals surface area contributed by atoms with Gasteiger partial charge < -0.3 is 5.32 Å². The van der Waals surface area contributed by atoms with E-state index in [0.29, 0.717) is 25.9 Å². The van der Waals surface area contributed by atoms with Crippen LogP contribution < -0.4 is 5.32 Å². The number of benzene rings is 2. The Morgan fingerprint density at radius 1 is 1.11 bits per heavy atom. The summed E-state index contributed by atoms with van der Waals surface area (Å²) in [6.45, 7) is 5.09. The van der Waals surface area contributed by atoms with Gasteiger partial charge in [0.1, 0.15) is 0 Å². The molecule has 1 atom stereocenters. The van der Waals surface area contributed by atoms with E-state index in [1.54, 1.807) is 24.3 Å². The third kappa shape index (κ3) is 4.57. The number of rotatable bonds is 5. The largest absolute Gasteiger partial charge is 0.352 e. The van der Waals surface area contributed by atoms with E-state index in [2.05, 4.69) is 5.32 Å². The third-order valence-corrected chi connectivity index (χ3v) is 7.01. The minimum atomic E-state index is -3.57. The van der Waals surface area contributed by atoms with Gasteiger partial charge in [-0.15, -0.1) is 0 Å². The van der Waals surface area contributed by atoms with Gasteiger partial charge in [-0.2, -0.15) is 4.31 Å². The summed E-state index contributed by atoms with van der Waals surface area (Å²) in [5.74, 6) is -0.398. The predicted octanol–water partition coefficient (Wildman–Crippen LogP) is 3.02. The summed E-state index contributed by atoms with van der Waals surface area (Å²) < 4.78 is 27.2. The van der Waals surface area contributed by atoms with Crippen molar-refractivity contribution in [1.29, 1.82) is 0 Å². The second-order valence-corrected chi connectivity index (χ2v) is 9.10. The summed E-state index contributed by atoms with van der Waals surface area (Å²) in [5.41, 5.74) is 3.22. The topological polar surface area (TPSA) is 66.5 Å². The molecule has 5 nitrogen and oxygen atoms in total. The molecule has 1 N–H and O–H groups in total. The Bertz CT molecular complexity index is 907. The summed E-state index contributed by atoms with van der Waals surface area (Å²) in [5, 5.41) is 2.97. The first-order valence-corrected chi connectivity index (χ1v) is 10.7. The maximum absolute atomic E-state index is 12.9. The lowest BCUT2D eigenvalue weighted by Crippen LogP contribution is -2.45. The molecule has 0 spiro atoms. The number of carbonyl (C=O) groups is 1. The lowest BCUT2D eigenvalue weighted by atomic mass is 9.98. The molecular formula is C21H26N2O3S. The van der Waals surface area contributed by atoms with E-state index < -0.39 is 10.0 Å². The number of sulfonamides is 1. The van der Waals surface area contributed by atoms with Crippen LogP contribution in [0.15, 0.2) is 53.4 Å². The van der Waals surface area contributed by atoms with Crippen LogP contribution in [0, 0.1) is 19.8 Å². The first kappa shape index (κ1) is 19.6. The van der Waals surface area contributed by atoms with Crippen LogP contribution in [0.25, 0.3) is 0 Å².